The summed E-state index contributed by atoms with van der Waals surface area (Å²) in [6.07, 6.45) is -0.624. The van der Waals surface area contributed by atoms with Gasteiger partial charge in [-0.1, -0.05) is 22.9 Å². The van der Waals surface area contributed by atoms with E-state index in [1.54, 1.807) is 16.5 Å². The summed E-state index contributed by atoms with van der Waals surface area (Å²) in [5.41, 5.74) is 2.89. The van der Waals surface area contributed by atoms with Crippen LogP contribution in [0.15, 0.2) is 24.3 Å². The molecule has 1 aliphatic rings. The van der Waals surface area contributed by atoms with Gasteiger partial charge >= 0.3 is 5.97 Å². The molecule has 8 heteroatoms. The van der Waals surface area contributed by atoms with Gasteiger partial charge in [0.25, 0.3) is 5.91 Å². The maximum atomic E-state index is 12.8. The number of aryl methyl sites for hydroxylation is 1. The second-order valence-corrected chi connectivity index (χ2v) is 6.11. The van der Waals surface area contributed by atoms with Gasteiger partial charge in [0, 0.05) is 13.1 Å². The number of carbonyl (C=O) groups excluding carboxylic acids is 1. The minimum atomic E-state index is -0.944. The van der Waals surface area contributed by atoms with E-state index in [2.05, 4.69) is 10.3 Å². The number of hydrogen-bond donors (Lipinski definition) is 1. The molecule has 1 aliphatic heterocycles. The number of benzene rings is 1. The molecule has 0 bridgehead atoms. The van der Waals surface area contributed by atoms with E-state index in [-0.39, 0.29) is 24.6 Å². The third-order valence-electron chi connectivity index (χ3n) is 4.20. The van der Waals surface area contributed by atoms with E-state index < -0.39 is 12.1 Å². The van der Waals surface area contributed by atoms with Gasteiger partial charge in [0.15, 0.2) is 5.69 Å². The van der Waals surface area contributed by atoms with Crippen molar-refractivity contribution in [1.29, 1.82) is 0 Å². The average Bonchev–Trinajstić information content (AvgIpc) is 2.96. The van der Waals surface area contributed by atoms with Crippen molar-refractivity contribution in [1.82, 2.24) is 19.9 Å². The number of rotatable bonds is 4. The normalized spacial score (nSPS) is 17.5. The predicted molar refractivity (Wildman–Crippen MR) is 88.7 cm³/mol. The molecule has 8 nitrogen and oxygen atoms in total. The van der Waals surface area contributed by atoms with E-state index in [0.717, 1.165) is 11.3 Å². The molecular formula is C17H20N4O4. The van der Waals surface area contributed by atoms with E-state index in [1.807, 2.05) is 31.2 Å². The Morgan fingerprint density at radius 2 is 2.00 bits per heavy atom. The number of carboxylic acids is 1. The molecule has 1 atom stereocenters. The number of nitrogens with zero attached hydrogens (tertiary/aromatic N) is 4. The zero-order valence-electron chi connectivity index (χ0n) is 14.2. The molecule has 25 heavy (non-hydrogen) atoms. The van der Waals surface area contributed by atoms with Gasteiger partial charge in [0.05, 0.1) is 30.5 Å². The molecular weight excluding hydrogens is 324 g/mol. The maximum absolute atomic E-state index is 12.8. The Labute approximate surface area is 145 Å². The predicted octanol–water partition coefficient (Wildman–Crippen LogP) is 1.20. The van der Waals surface area contributed by atoms with Crippen molar-refractivity contribution in [2.75, 3.05) is 19.7 Å². The number of amides is 1. The summed E-state index contributed by atoms with van der Waals surface area (Å²) in [6, 6.07) is 7.78. The molecule has 1 saturated heterocycles. The fourth-order valence-corrected chi connectivity index (χ4v) is 2.83. The molecule has 0 aliphatic carbocycles. The van der Waals surface area contributed by atoms with E-state index in [9.17, 15) is 9.59 Å². The second kappa shape index (κ2) is 7.02. The quantitative estimate of drug-likeness (QED) is 0.895. The highest BCUT2D eigenvalue weighted by Crippen LogP contribution is 2.17. The Bertz CT molecular complexity index is 784. The van der Waals surface area contributed by atoms with Crippen LogP contribution in [-0.2, 0) is 9.53 Å². The topological polar surface area (TPSA) is 97.5 Å². The Balaban J connectivity index is 1.79. The van der Waals surface area contributed by atoms with Crippen LogP contribution in [0, 0.1) is 13.8 Å². The van der Waals surface area contributed by atoms with Gasteiger partial charge in [-0.3, -0.25) is 9.59 Å². The van der Waals surface area contributed by atoms with Gasteiger partial charge < -0.3 is 14.7 Å². The third-order valence-corrected chi connectivity index (χ3v) is 4.20. The molecule has 0 saturated carbocycles. The molecule has 0 spiro atoms. The Hall–Kier alpha value is -2.74. The van der Waals surface area contributed by atoms with Gasteiger partial charge in [-0.2, -0.15) is 0 Å². The van der Waals surface area contributed by atoms with Crippen LogP contribution >= 0.6 is 0 Å². The number of hydrogen-bond acceptors (Lipinski definition) is 5. The van der Waals surface area contributed by atoms with E-state index in [1.165, 1.54) is 0 Å². The Kier molecular flexibility index (Phi) is 4.80. The number of carboxylic acid groups (broad SMARTS) is 1. The molecule has 1 amide bonds. The fourth-order valence-electron chi connectivity index (χ4n) is 2.83. The molecule has 0 unspecified atom stereocenters. The van der Waals surface area contributed by atoms with Gasteiger partial charge in [0.1, 0.15) is 0 Å². The number of aliphatic carboxylic acids is 1. The van der Waals surface area contributed by atoms with Crippen molar-refractivity contribution in [2.45, 2.75) is 26.4 Å². The number of aromatic nitrogens is 3. The molecule has 2 heterocycles. The Morgan fingerprint density at radius 1 is 1.28 bits per heavy atom. The SMILES string of the molecule is Cc1ccc(-n2nnc(C(=O)N3CCO[C@@H](CC(=O)O)C3)c2C)cc1. The van der Waals surface area contributed by atoms with Crippen LogP contribution in [0.25, 0.3) is 5.69 Å². The van der Waals surface area contributed by atoms with Crippen LogP contribution in [0.1, 0.15) is 28.2 Å². The lowest BCUT2D eigenvalue weighted by Gasteiger charge is -2.31. The summed E-state index contributed by atoms with van der Waals surface area (Å²) in [4.78, 5) is 25.2. The van der Waals surface area contributed by atoms with E-state index in [4.69, 9.17) is 9.84 Å². The van der Waals surface area contributed by atoms with Crippen LogP contribution in [0.3, 0.4) is 0 Å². The first-order valence-electron chi connectivity index (χ1n) is 8.07. The average molecular weight is 344 g/mol. The van der Waals surface area contributed by atoms with Crippen molar-refractivity contribution in [3.05, 3.63) is 41.2 Å². The van der Waals surface area contributed by atoms with Gasteiger partial charge in [-0.15, -0.1) is 5.10 Å². The standard InChI is InChI=1S/C17H20N4O4/c1-11-3-5-13(6-4-11)21-12(2)16(18-19-21)17(24)20-7-8-25-14(10-20)9-15(22)23/h3-6,14H,7-10H2,1-2H3,(H,22,23)/t14-/m0/s1. The lowest BCUT2D eigenvalue weighted by atomic mass is 10.2. The van der Waals surface area contributed by atoms with Crippen LogP contribution in [0.5, 0.6) is 0 Å². The number of morpholine rings is 1. The highest BCUT2D eigenvalue weighted by Gasteiger charge is 2.29. The lowest BCUT2D eigenvalue weighted by molar-refractivity contribution is -0.141. The number of ether oxygens (including phenoxy) is 1. The molecule has 1 fully saturated rings. The largest absolute Gasteiger partial charge is 0.481 e. The van der Waals surface area contributed by atoms with Gasteiger partial charge in [-0.05, 0) is 26.0 Å². The fraction of sp³-hybridized carbons (Fsp3) is 0.412. The van der Waals surface area contributed by atoms with Crippen LogP contribution in [-0.4, -0.2) is 62.7 Å². The summed E-state index contributed by atoms with van der Waals surface area (Å²) in [5.74, 6) is -1.20. The molecule has 1 N–H and O–H groups in total. The monoisotopic (exact) mass is 344 g/mol. The zero-order valence-corrected chi connectivity index (χ0v) is 14.2. The smallest absolute Gasteiger partial charge is 0.306 e. The van der Waals surface area contributed by atoms with Crippen molar-refractivity contribution in [2.24, 2.45) is 0 Å². The summed E-state index contributed by atoms with van der Waals surface area (Å²) < 4.78 is 7.03. The number of carbonyl (C=O) groups is 2. The first-order valence-corrected chi connectivity index (χ1v) is 8.07. The molecule has 3 rings (SSSR count). The summed E-state index contributed by atoms with van der Waals surface area (Å²) in [7, 11) is 0. The Morgan fingerprint density at radius 3 is 2.68 bits per heavy atom. The summed E-state index contributed by atoms with van der Waals surface area (Å²) in [6.45, 7) is 4.75. The molecule has 2 aromatic rings. The lowest BCUT2D eigenvalue weighted by Crippen LogP contribution is -2.46. The highest BCUT2D eigenvalue weighted by molar-refractivity contribution is 5.93. The van der Waals surface area contributed by atoms with Crippen molar-refractivity contribution in [3.8, 4) is 5.69 Å². The summed E-state index contributed by atoms with van der Waals surface area (Å²) in [5, 5.41) is 17.0. The summed E-state index contributed by atoms with van der Waals surface area (Å²) >= 11 is 0. The highest BCUT2D eigenvalue weighted by atomic mass is 16.5. The minimum Gasteiger partial charge on any atom is -0.481 e. The van der Waals surface area contributed by atoms with Crippen molar-refractivity contribution in [3.63, 3.8) is 0 Å². The second-order valence-electron chi connectivity index (χ2n) is 6.11. The zero-order chi connectivity index (χ0) is 18.0. The van der Waals surface area contributed by atoms with Crippen LogP contribution in [0.4, 0.5) is 0 Å². The van der Waals surface area contributed by atoms with Gasteiger partial charge in [-0.25, -0.2) is 4.68 Å². The molecule has 1 aromatic carbocycles. The van der Waals surface area contributed by atoms with Crippen LogP contribution in [0.2, 0.25) is 0 Å². The molecule has 132 valence electrons. The van der Waals surface area contributed by atoms with E-state index >= 15 is 0 Å². The first kappa shape index (κ1) is 17.1. The van der Waals surface area contributed by atoms with Crippen molar-refractivity contribution >= 4 is 11.9 Å². The van der Waals surface area contributed by atoms with Crippen molar-refractivity contribution < 1.29 is 19.4 Å². The maximum Gasteiger partial charge on any atom is 0.306 e. The molecule has 0 radical (unpaired) electrons. The van der Waals surface area contributed by atoms with Crippen LogP contribution < -0.4 is 0 Å². The molecule has 1 aromatic heterocycles. The van der Waals surface area contributed by atoms with E-state index in [0.29, 0.717) is 18.8 Å². The first-order chi connectivity index (χ1) is 12.0. The minimum absolute atomic E-state index is 0.126. The third kappa shape index (κ3) is 3.69. The van der Waals surface area contributed by atoms with Gasteiger partial charge in [0.2, 0.25) is 0 Å².